The first-order valence-corrected chi connectivity index (χ1v) is 6.98. The predicted octanol–water partition coefficient (Wildman–Crippen LogP) is 3.06. The predicted molar refractivity (Wildman–Crippen MR) is 83.1 cm³/mol. The first kappa shape index (κ1) is 15.1. The first-order valence-electron chi connectivity index (χ1n) is 6.98. The largest absolute Gasteiger partial charge is 0.496 e. The normalized spacial score (nSPS) is 12.0. The zero-order chi connectivity index (χ0) is 15.4. The average molecular weight is 283 g/mol. The fourth-order valence-corrected chi connectivity index (χ4v) is 2.41. The van der Waals surface area contributed by atoms with Gasteiger partial charge in [-0.05, 0) is 31.5 Å². The minimum Gasteiger partial charge on any atom is -0.496 e. The van der Waals surface area contributed by atoms with Crippen LogP contribution >= 0.6 is 0 Å². The molecular weight excluding hydrogens is 262 g/mol. The van der Waals surface area contributed by atoms with Crippen molar-refractivity contribution in [3.8, 4) is 11.8 Å². The lowest BCUT2D eigenvalue weighted by Gasteiger charge is -2.17. The van der Waals surface area contributed by atoms with E-state index in [1.807, 2.05) is 36.0 Å². The number of nitrogens with zero attached hydrogens (tertiary/aromatic N) is 2. The molecule has 0 radical (unpaired) electrons. The van der Waals surface area contributed by atoms with E-state index in [0.29, 0.717) is 12.2 Å². The van der Waals surface area contributed by atoms with Gasteiger partial charge in [0.15, 0.2) is 0 Å². The highest BCUT2D eigenvalue weighted by molar-refractivity contribution is 5.39. The summed E-state index contributed by atoms with van der Waals surface area (Å²) in [6, 6.07) is 10.4. The van der Waals surface area contributed by atoms with Crippen molar-refractivity contribution >= 4 is 0 Å². The number of aromatic nitrogens is 1. The first-order chi connectivity index (χ1) is 10.0. The molecule has 2 rings (SSSR count). The van der Waals surface area contributed by atoms with Gasteiger partial charge in [-0.3, -0.25) is 0 Å². The van der Waals surface area contributed by atoms with Crippen molar-refractivity contribution in [2.75, 3.05) is 7.11 Å². The molecule has 110 valence electrons. The number of methoxy groups -OCH3 is 1. The third kappa shape index (κ3) is 3.45. The summed E-state index contributed by atoms with van der Waals surface area (Å²) in [5, 5.41) is 12.5. The van der Waals surface area contributed by atoms with Crippen molar-refractivity contribution in [3.05, 3.63) is 52.8 Å². The number of ether oxygens (including phenoxy) is 1. The molecule has 0 saturated carbocycles. The van der Waals surface area contributed by atoms with Crippen LogP contribution in [0.15, 0.2) is 30.5 Å². The fourth-order valence-electron chi connectivity index (χ4n) is 2.41. The highest BCUT2D eigenvalue weighted by Gasteiger charge is 2.12. The Bertz CT molecular complexity index is 667. The minimum absolute atomic E-state index is 0.172. The van der Waals surface area contributed by atoms with Crippen LogP contribution in [0.2, 0.25) is 0 Å². The molecule has 1 unspecified atom stereocenters. The molecule has 0 fully saturated rings. The van der Waals surface area contributed by atoms with Crippen molar-refractivity contribution in [2.45, 2.75) is 26.4 Å². The molecule has 1 aromatic heterocycles. The molecule has 1 atom stereocenters. The van der Waals surface area contributed by atoms with Crippen LogP contribution in [0, 0.1) is 18.3 Å². The highest BCUT2D eigenvalue weighted by Crippen LogP contribution is 2.26. The van der Waals surface area contributed by atoms with E-state index < -0.39 is 0 Å². The van der Waals surface area contributed by atoms with E-state index in [0.717, 1.165) is 16.9 Å². The third-order valence-corrected chi connectivity index (χ3v) is 3.64. The van der Waals surface area contributed by atoms with Gasteiger partial charge >= 0.3 is 0 Å². The summed E-state index contributed by atoms with van der Waals surface area (Å²) in [4.78, 5) is 0. The van der Waals surface area contributed by atoms with E-state index in [1.54, 1.807) is 7.11 Å². The molecule has 0 spiro atoms. The molecule has 1 heterocycles. The third-order valence-electron chi connectivity index (χ3n) is 3.64. The van der Waals surface area contributed by atoms with E-state index in [2.05, 4.69) is 31.3 Å². The molecule has 0 aliphatic rings. The number of benzene rings is 1. The number of rotatable bonds is 5. The van der Waals surface area contributed by atoms with Crippen molar-refractivity contribution < 1.29 is 4.74 Å². The van der Waals surface area contributed by atoms with E-state index in [9.17, 15) is 0 Å². The molecule has 4 nitrogen and oxygen atoms in total. The van der Waals surface area contributed by atoms with Crippen LogP contribution in [-0.4, -0.2) is 11.7 Å². The van der Waals surface area contributed by atoms with E-state index in [4.69, 9.17) is 10.00 Å². The van der Waals surface area contributed by atoms with Crippen LogP contribution in [0.25, 0.3) is 0 Å². The molecule has 0 amide bonds. The summed E-state index contributed by atoms with van der Waals surface area (Å²) >= 11 is 0. The summed E-state index contributed by atoms with van der Waals surface area (Å²) in [6.45, 7) is 4.91. The van der Waals surface area contributed by atoms with Crippen molar-refractivity contribution in [3.63, 3.8) is 0 Å². The van der Waals surface area contributed by atoms with Gasteiger partial charge in [-0.1, -0.05) is 17.7 Å². The van der Waals surface area contributed by atoms with Crippen molar-refractivity contribution in [1.82, 2.24) is 9.88 Å². The van der Waals surface area contributed by atoms with Crippen LogP contribution in [0.1, 0.15) is 35.3 Å². The van der Waals surface area contributed by atoms with E-state index in [-0.39, 0.29) is 6.04 Å². The molecular formula is C17H21N3O. The van der Waals surface area contributed by atoms with Gasteiger partial charge in [-0.25, -0.2) is 0 Å². The molecule has 0 aliphatic carbocycles. The lowest BCUT2D eigenvalue weighted by atomic mass is 10.0. The fraction of sp³-hybridized carbons (Fsp3) is 0.353. The van der Waals surface area contributed by atoms with Gasteiger partial charge in [0.2, 0.25) is 0 Å². The molecule has 0 bridgehead atoms. The number of hydrogen-bond donors (Lipinski definition) is 1. The second-order valence-electron chi connectivity index (χ2n) is 5.30. The molecule has 2 aromatic rings. The van der Waals surface area contributed by atoms with Gasteiger partial charge in [0.1, 0.15) is 17.5 Å². The summed E-state index contributed by atoms with van der Waals surface area (Å²) in [5.74, 6) is 0.895. The molecule has 4 heteroatoms. The van der Waals surface area contributed by atoms with Gasteiger partial charge in [0.25, 0.3) is 0 Å². The lowest BCUT2D eigenvalue weighted by molar-refractivity contribution is 0.401. The zero-order valence-electron chi connectivity index (χ0n) is 13.0. The van der Waals surface area contributed by atoms with Crippen LogP contribution in [0.5, 0.6) is 5.75 Å². The van der Waals surface area contributed by atoms with Crippen LogP contribution in [-0.2, 0) is 13.6 Å². The summed E-state index contributed by atoms with van der Waals surface area (Å²) in [7, 11) is 3.58. The standard InChI is InChI=1S/C17H21N3O/c1-12-5-6-17(21-4)16(7-12)13(2)19-10-14-8-15(9-18)20(3)11-14/h5-8,11,13,19H,10H2,1-4H3. The summed E-state index contributed by atoms with van der Waals surface area (Å²) in [5.41, 5.74) is 4.14. The topological polar surface area (TPSA) is 50.0 Å². The van der Waals surface area contributed by atoms with Gasteiger partial charge in [-0.2, -0.15) is 5.26 Å². The lowest BCUT2D eigenvalue weighted by Crippen LogP contribution is -2.18. The molecule has 0 saturated heterocycles. The van der Waals surface area contributed by atoms with Gasteiger partial charge in [0.05, 0.1) is 7.11 Å². The van der Waals surface area contributed by atoms with Crippen molar-refractivity contribution in [2.24, 2.45) is 7.05 Å². The minimum atomic E-state index is 0.172. The van der Waals surface area contributed by atoms with Crippen LogP contribution in [0.3, 0.4) is 0 Å². The maximum Gasteiger partial charge on any atom is 0.123 e. The summed E-state index contributed by atoms with van der Waals surface area (Å²) < 4.78 is 7.27. The smallest absolute Gasteiger partial charge is 0.123 e. The Morgan fingerprint density at radius 1 is 1.38 bits per heavy atom. The Labute approximate surface area is 126 Å². The van der Waals surface area contributed by atoms with E-state index >= 15 is 0 Å². The van der Waals surface area contributed by atoms with Gasteiger partial charge in [-0.15, -0.1) is 0 Å². The second-order valence-corrected chi connectivity index (χ2v) is 5.30. The maximum absolute atomic E-state index is 8.98. The Hall–Kier alpha value is -2.25. The van der Waals surface area contributed by atoms with Crippen LogP contribution < -0.4 is 10.1 Å². The molecule has 1 aromatic carbocycles. The Balaban J connectivity index is 2.09. The Kier molecular flexibility index (Phi) is 4.66. The Morgan fingerprint density at radius 3 is 2.76 bits per heavy atom. The quantitative estimate of drug-likeness (QED) is 0.917. The number of hydrogen-bond acceptors (Lipinski definition) is 3. The number of nitriles is 1. The van der Waals surface area contributed by atoms with Gasteiger partial charge < -0.3 is 14.6 Å². The molecule has 21 heavy (non-hydrogen) atoms. The number of nitrogens with one attached hydrogen (secondary N) is 1. The molecule has 1 N–H and O–H groups in total. The molecule has 0 aliphatic heterocycles. The average Bonchev–Trinajstić information content (AvgIpc) is 2.85. The van der Waals surface area contributed by atoms with E-state index in [1.165, 1.54) is 5.56 Å². The Morgan fingerprint density at radius 2 is 2.14 bits per heavy atom. The second kappa shape index (κ2) is 6.47. The highest BCUT2D eigenvalue weighted by atomic mass is 16.5. The monoisotopic (exact) mass is 283 g/mol. The summed E-state index contributed by atoms with van der Waals surface area (Å²) in [6.07, 6.45) is 1.98. The van der Waals surface area contributed by atoms with Gasteiger partial charge in [0, 0.05) is 31.4 Å². The van der Waals surface area contributed by atoms with Crippen molar-refractivity contribution in [1.29, 1.82) is 5.26 Å². The number of aryl methyl sites for hydroxylation is 2. The van der Waals surface area contributed by atoms with Crippen LogP contribution in [0.4, 0.5) is 0 Å². The SMILES string of the molecule is COc1ccc(C)cc1C(C)NCc1cc(C#N)n(C)c1. The zero-order valence-corrected chi connectivity index (χ0v) is 13.0. The maximum atomic E-state index is 8.98.